The molecule has 3 rings (SSSR count). The van der Waals surface area contributed by atoms with Crippen molar-refractivity contribution in [1.29, 1.82) is 5.26 Å². The van der Waals surface area contributed by atoms with Crippen molar-refractivity contribution in [2.45, 2.75) is 6.54 Å². The number of nitrogens with zero attached hydrogens (tertiary/aromatic N) is 3. The van der Waals surface area contributed by atoms with E-state index in [1.165, 1.54) is 12.1 Å². The van der Waals surface area contributed by atoms with Crippen LogP contribution in [0.3, 0.4) is 0 Å². The van der Waals surface area contributed by atoms with Crippen LogP contribution in [0.5, 0.6) is 0 Å². The highest BCUT2D eigenvalue weighted by molar-refractivity contribution is 5.65. The highest BCUT2D eigenvalue weighted by atomic mass is 19.1. The minimum absolute atomic E-state index is 0.253. The van der Waals surface area contributed by atoms with Gasteiger partial charge in [0, 0.05) is 45.0 Å². The molecule has 1 aliphatic heterocycles. The summed E-state index contributed by atoms with van der Waals surface area (Å²) < 4.78 is 17.7. The fourth-order valence-electron chi connectivity index (χ4n) is 3.26. The molecule has 146 valence electrons. The molecule has 28 heavy (non-hydrogen) atoms. The standard InChI is InChI=1S/C21H23FN4O2/c22-19-3-1-17(2-4-19)15-24-20-5-6-21(18(13-20)14-23)26-9-7-25(8-10-26)11-12-28-16-27/h1-6,13,16,24H,7-12,15H2. The van der Waals surface area contributed by atoms with Crippen LogP contribution in [0.2, 0.25) is 0 Å². The Hall–Kier alpha value is -3.11. The van der Waals surface area contributed by atoms with E-state index >= 15 is 0 Å². The van der Waals surface area contributed by atoms with Crippen LogP contribution in [0, 0.1) is 17.1 Å². The molecule has 0 aromatic heterocycles. The van der Waals surface area contributed by atoms with Crippen LogP contribution >= 0.6 is 0 Å². The van der Waals surface area contributed by atoms with Crippen molar-refractivity contribution >= 4 is 17.8 Å². The number of ether oxygens (including phenoxy) is 1. The van der Waals surface area contributed by atoms with Crippen molar-refractivity contribution < 1.29 is 13.9 Å². The first kappa shape index (κ1) is 19.6. The molecular weight excluding hydrogens is 359 g/mol. The summed E-state index contributed by atoms with van der Waals surface area (Å²) >= 11 is 0. The molecule has 6 nitrogen and oxygen atoms in total. The second-order valence-electron chi connectivity index (χ2n) is 6.62. The molecule has 1 heterocycles. The monoisotopic (exact) mass is 382 g/mol. The number of hydrogen-bond donors (Lipinski definition) is 1. The number of benzene rings is 2. The van der Waals surface area contributed by atoms with Gasteiger partial charge in [0.1, 0.15) is 18.5 Å². The molecule has 0 spiro atoms. The lowest BCUT2D eigenvalue weighted by Gasteiger charge is -2.36. The van der Waals surface area contributed by atoms with Gasteiger partial charge < -0.3 is 15.0 Å². The number of carbonyl (C=O) groups excluding carboxylic acids is 1. The minimum Gasteiger partial charge on any atom is -0.467 e. The largest absolute Gasteiger partial charge is 0.467 e. The maximum atomic E-state index is 13.0. The number of nitrogens with one attached hydrogen (secondary N) is 1. The van der Waals surface area contributed by atoms with Gasteiger partial charge in [-0.1, -0.05) is 12.1 Å². The molecule has 0 amide bonds. The molecule has 0 radical (unpaired) electrons. The van der Waals surface area contributed by atoms with Crippen LogP contribution in [0.1, 0.15) is 11.1 Å². The van der Waals surface area contributed by atoms with Gasteiger partial charge in [0.25, 0.3) is 6.47 Å². The van der Waals surface area contributed by atoms with E-state index in [1.54, 1.807) is 12.1 Å². The van der Waals surface area contributed by atoms with E-state index in [1.807, 2.05) is 18.2 Å². The number of piperazine rings is 1. The summed E-state index contributed by atoms with van der Waals surface area (Å²) in [4.78, 5) is 14.7. The Morgan fingerprint density at radius 1 is 1.14 bits per heavy atom. The lowest BCUT2D eigenvalue weighted by molar-refractivity contribution is -0.129. The molecule has 0 atom stereocenters. The Labute approximate surface area is 164 Å². The second-order valence-corrected chi connectivity index (χ2v) is 6.62. The number of rotatable bonds is 8. The molecule has 0 unspecified atom stereocenters. The van der Waals surface area contributed by atoms with Gasteiger partial charge in [0.05, 0.1) is 11.3 Å². The van der Waals surface area contributed by atoms with Gasteiger partial charge in [0.2, 0.25) is 0 Å². The zero-order valence-corrected chi connectivity index (χ0v) is 15.6. The maximum absolute atomic E-state index is 13.0. The summed E-state index contributed by atoms with van der Waals surface area (Å²) in [6, 6.07) is 14.4. The molecule has 7 heteroatoms. The van der Waals surface area contributed by atoms with Gasteiger partial charge in [-0.15, -0.1) is 0 Å². The number of anilines is 2. The normalized spacial score (nSPS) is 14.4. The average Bonchev–Trinajstić information content (AvgIpc) is 2.74. The summed E-state index contributed by atoms with van der Waals surface area (Å²) in [7, 11) is 0. The van der Waals surface area contributed by atoms with Crippen LogP contribution < -0.4 is 10.2 Å². The molecule has 1 saturated heterocycles. The Balaban J connectivity index is 1.58. The van der Waals surface area contributed by atoms with Crippen molar-refractivity contribution in [3.05, 3.63) is 59.4 Å². The number of nitriles is 1. The third-order valence-corrected chi connectivity index (χ3v) is 4.83. The van der Waals surface area contributed by atoms with Gasteiger partial charge in [-0.05, 0) is 35.9 Å². The van der Waals surface area contributed by atoms with E-state index in [2.05, 4.69) is 21.2 Å². The van der Waals surface area contributed by atoms with Gasteiger partial charge >= 0.3 is 0 Å². The third kappa shape index (κ3) is 5.21. The zero-order chi connectivity index (χ0) is 19.8. The molecular formula is C21H23FN4O2. The number of carbonyl (C=O) groups is 1. The molecule has 0 saturated carbocycles. The zero-order valence-electron chi connectivity index (χ0n) is 15.6. The molecule has 2 aromatic carbocycles. The predicted molar refractivity (Wildman–Crippen MR) is 106 cm³/mol. The summed E-state index contributed by atoms with van der Waals surface area (Å²) in [6.07, 6.45) is 0. The quantitative estimate of drug-likeness (QED) is 0.559. The van der Waals surface area contributed by atoms with Crippen molar-refractivity contribution in [3.8, 4) is 6.07 Å². The molecule has 1 aliphatic rings. The van der Waals surface area contributed by atoms with Gasteiger partial charge in [-0.3, -0.25) is 9.69 Å². The van der Waals surface area contributed by atoms with Crippen LogP contribution in [-0.4, -0.2) is 50.7 Å². The van der Waals surface area contributed by atoms with E-state index in [4.69, 9.17) is 4.74 Å². The van der Waals surface area contributed by atoms with Crippen LogP contribution in [0.15, 0.2) is 42.5 Å². The van der Waals surface area contributed by atoms with Crippen molar-refractivity contribution in [2.24, 2.45) is 0 Å². The van der Waals surface area contributed by atoms with E-state index in [0.29, 0.717) is 25.2 Å². The van der Waals surface area contributed by atoms with E-state index < -0.39 is 0 Å². The van der Waals surface area contributed by atoms with E-state index in [-0.39, 0.29) is 5.82 Å². The summed E-state index contributed by atoms with van der Waals surface area (Å²) in [6.45, 7) is 5.52. The first-order valence-corrected chi connectivity index (χ1v) is 9.24. The second kappa shape index (κ2) is 9.72. The van der Waals surface area contributed by atoms with Crippen molar-refractivity contribution in [2.75, 3.05) is 49.5 Å². The van der Waals surface area contributed by atoms with Crippen molar-refractivity contribution in [3.63, 3.8) is 0 Å². The molecule has 1 fully saturated rings. The van der Waals surface area contributed by atoms with Gasteiger partial charge in [-0.2, -0.15) is 5.26 Å². The Bertz CT molecular complexity index is 827. The molecule has 2 aromatic rings. The molecule has 0 aliphatic carbocycles. The Morgan fingerprint density at radius 2 is 1.89 bits per heavy atom. The SMILES string of the molecule is N#Cc1cc(NCc2ccc(F)cc2)ccc1N1CCN(CCOC=O)CC1. The van der Waals surface area contributed by atoms with Gasteiger partial charge in [0.15, 0.2) is 0 Å². The maximum Gasteiger partial charge on any atom is 0.293 e. The lowest BCUT2D eigenvalue weighted by atomic mass is 10.1. The average molecular weight is 382 g/mol. The highest BCUT2D eigenvalue weighted by Crippen LogP contribution is 2.25. The number of halogens is 1. The molecule has 0 bridgehead atoms. The van der Waals surface area contributed by atoms with E-state index in [0.717, 1.165) is 49.7 Å². The highest BCUT2D eigenvalue weighted by Gasteiger charge is 2.19. The first-order valence-electron chi connectivity index (χ1n) is 9.24. The topological polar surface area (TPSA) is 68.6 Å². The van der Waals surface area contributed by atoms with Crippen LogP contribution in [0.25, 0.3) is 0 Å². The lowest BCUT2D eigenvalue weighted by Crippen LogP contribution is -2.47. The summed E-state index contributed by atoms with van der Waals surface area (Å²) in [5.74, 6) is -0.253. The predicted octanol–water partition coefficient (Wildman–Crippen LogP) is 2.60. The van der Waals surface area contributed by atoms with E-state index in [9.17, 15) is 14.4 Å². The summed E-state index contributed by atoms with van der Waals surface area (Å²) in [5, 5.41) is 12.9. The van der Waals surface area contributed by atoms with Crippen molar-refractivity contribution in [1.82, 2.24) is 4.90 Å². The van der Waals surface area contributed by atoms with Gasteiger partial charge in [-0.25, -0.2) is 4.39 Å². The first-order chi connectivity index (χ1) is 13.7. The Morgan fingerprint density at radius 3 is 2.57 bits per heavy atom. The van der Waals surface area contributed by atoms with Crippen LogP contribution in [0.4, 0.5) is 15.8 Å². The smallest absolute Gasteiger partial charge is 0.293 e. The Kier molecular flexibility index (Phi) is 6.82. The third-order valence-electron chi connectivity index (χ3n) is 4.83. The fourth-order valence-corrected chi connectivity index (χ4v) is 3.26. The summed E-state index contributed by atoms with van der Waals surface area (Å²) in [5.41, 5.74) is 3.38. The van der Waals surface area contributed by atoms with Crippen LogP contribution in [-0.2, 0) is 16.1 Å². The minimum atomic E-state index is -0.253. The fraction of sp³-hybridized carbons (Fsp3) is 0.333. The molecule has 1 N–H and O–H groups in total. The number of hydrogen-bond acceptors (Lipinski definition) is 6.